The Hall–Kier alpha value is -1.76. The predicted molar refractivity (Wildman–Crippen MR) is 94.8 cm³/mol. The number of carbonyl (C=O) groups is 1. The Kier molecular flexibility index (Phi) is 5.74. The minimum absolute atomic E-state index is 0.157. The number of methoxy groups -OCH3 is 1. The Labute approximate surface area is 144 Å². The number of nitrogens with zero attached hydrogens (tertiary/aromatic N) is 2. The molecular weight excluding hydrogens is 328 g/mol. The SMILES string of the molecule is COc1cccc(N([C@H](C)C(=O)N2CCC(C)CC2)S(C)(=O)=O)c1. The summed E-state index contributed by atoms with van der Waals surface area (Å²) >= 11 is 0. The number of ether oxygens (including phenoxy) is 1. The minimum Gasteiger partial charge on any atom is -0.497 e. The maximum Gasteiger partial charge on any atom is 0.246 e. The molecule has 1 amide bonds. The molecule has 1 aliphatic heterocycles. The number of hydrogen-bond donors (Lipinski definition) is 0. The lowest BCUT2D eigenvalue weighted by Gasteiger charge is -2.36. The van der Waals surface area contributed by atoms with Crippen LogP contribution < -0.4 is 9.04 Å². The highest BCUT2D eigenvalue weighted by molar-refractivity contribution is 7.92. The number of sulfonamides is 1. The molecule has 0 aliphatic carbocycles. The first-order valence-corrected chi connectivity index (χ1v) is 10.0. The van der Waals surface area contributed by atoms with Gasteiger partial charge in [0.15, 0.2) is 0 Å². The first kappa shape index (κ1) is 18.6. The number of rotatable bonds is 5. The van der Waals surface area contributed by atoms with Crippen molar-refractivity contribution in [2.75, 3.05) is 30.8 Å². The largest absolute Gasteiger partial charge is 0.497 e. The summed E-state index contributed by atoms with van der Waals surface area (Å²) in [5, 5.41) is 0. The number of anilines is 1. The molecule has 1 saturated heterocycles. The lowest BCUT2D eigenvalue weighted by atomic mass is 9.99. The van der Waals surface area contributed by atoms with Crippen LogP contribution in [0.25, 0.3) is 0 Å². The van der Waals surface area contributed by atoms with Crippen LogP contribution in [0, 0.1) is 5.92 Å². The van der Waals surface area contributed by atoms with Crippen LogP contribution in [0.4, 0.5) is 5.69 Å². The van der Waals surface area contributed by atoms with E-state index in [-0.39, 0.29) is 5.91 Å². The van der Waals surface area contributed by atoms with Crippen molar-refractivity contribution in [2.45, 2.75) is 32.7 Å². The van der Waals surface area contributed by atoms with Gasteiger partial charge in [-0.05, 0) is 37.8 Å². The smallest absolute Gasteiger partial charge is 0.246 e. The van der Waals surface area contributed by atoms with Gasteiger partial charge in [0.2, 0.25) is 15.9 Å². The number of amides is 1. The average Bonchev–Trinajstić information content (AvgIpc) is 2.54. The molecule has 1 aliphatic rings. The van der Waals surface area contributed by atoms with Crippen molar-refractivity contribution in [1.82, 2.24) is 4.90 Å². The highest BCUT2D eigenvalue weighted by atomic mass is 32.2. The van der Waals surface area contributed by atoms with Gasteiger partial charge in [0.05, 0.1) is 19.1 Å². The standard InChI is InChI=1S/C17H26N2O4S/c1-13-8-10-18(11-9-13)17(20)14(2)19(24(4,21)22)15-6-5-7-16(12-15)23-3/h5-7,12-14H,8-11H2,1-4H3/t14-/m1/s1. The molecule has 0 unspecified atom stereocenters. The second-order valence-corrected chi connectivity index (χ2v) is 8.30. The molecule has 1 atom stereocenters. The van der Waals surface area contributed by atoms with Crippen LogP contribution >= 0.6 is 0 Å². The fraction of sp³-hybridized carbons (Fsp3) is 0.588. The topological polar surface area (TPSA) is 66.9 Å². The molecule has 0 aromatic heterocycles. The third kappa shape index (κ3) is 4.20. The van der Waals surface area contributed by atoms with E-state index in [2.05, 4.69) is 6.92 Å². The number of carbonyl (C=O) groups excluding carboxylic acids is 1. The average molecular weight is 354 g/mol. The van der Waals surface area contributed by atoms with Gasteiger partial charge in [-0.2, -0.15) is 0 Å². The molecule has 1 fully saturated rings. The lowest BCUT2D eigenvalue weighted by Crippen LogP contribution is -2.51. The summed E-state index contributed by atoms with van der Waals surface area (Å²) in [5.41, 5.74) is 0.433. The van der Waals surface area contributed by atoms with Crippen LogP contribution in [0.2, 0.25) is 0 Å². The molecule has 1 heterocycles. The van der Waals surface area contributed by atoms with Gasteiger partial charge in [-0.25, -0.2) is 8.42 Å². The molecule has 24 heavy (non-hydrogen) atoms. The zero-order valence-corrected chi connectivity index (χ0v) is 15.5. The molecule has 0 spiro atoms. The molecule has 6 nitrogen and oxygen atoms in total. The van der Waals surface area contributed by atoms with Gasteiger partial charge in [-0.15, -0.1) is 0 Å². The third-order valence-corrected chi connectivity index (χ3v) is 5.71. The number of hydrogen-bond acceptors (Lipinski definition) is 4. The van der Waals surface area contributed by atoms with Crippen LogP contribution in [-0.4, -0.2) is 51.7 Å². The van der Waals surface area contributed by atoms with Crippen LogP contribution in [-0.2, 0) is 14.8 Å². The van der Waals surface area contributed by atoms with Gasteiger partial charge in [-0.3, -0.25) is 9.10 Å². The summed E-state index contributed by atoms with van der Waals surface area (Å²) in [4.78, 5) is 14.6. The molecule has 7 heteroatoms. The van der Waals surface area contributed by atoms with E-state index in [0.717, 1.165) is 19.1 Å². The summed E-state index contributed by atoms with van der Waals surface area (Å²) in [6.07, 6.45) is 3.03. The molecule has 1 aromatic rings. The third-order valence-electron chi connectivity index (χ3n) is 4.47. The van der Waals surface area contributed by atoms with E-state index in [9.17, 15) is 13.2 Å². The van der Waals surface area contributed by atoms with Crippen molar-refractivity contribution in [1.29, 1.82) is 0 Å². The minimum atomic E-state index is -3.61. The Balaban J connectivity index is 2.29. The molecule has 0 N–H and O–H groups in total. The maximum atomic E-state index is 12.8. The maximum absolute atomic E-state index is 12.8. The van der Waals surface area contributed by atoms with Crippen LogP contribution in [0.15, 0.2) is 24.3 Å². The van der Waals surface area contributed by atoms with Crippen LogP contribution in [0.1, 0.15) is 26.7 Å². The van der Waals surface area contributed by atoms with Crippen molar-refractivity contribution in [3.05, 3.63) is 24.3 Å². The quantitative estimate of drug-likeness (QED) is 0.812. The van der Waals surface area contributed by atoms with Crippen molar-refractivity contribution in [3.8, 4) is 5.75 Å². The van der Waals surface area contributed by atoms with Gasteiger partial charge in [0.25, 0.3) is 0 Å². The highest BCUT2D eigenvalue weighted by Gasteiger charge is 2.33. The Morgan fingerprint density at radius 1 is 1.33 bits per heavy atom. The molecular formula is C17H26N2O4S. The number of likely N-dealkylation sites (tertiary alicyclic amines) is 1. The van der Waals surface area contributed by atoms with Gasteiger partial charge in [0, 0.05) is 19.2 Å². The van der Waals surface area contributed by atoms with Crippen molar-refractivity contribution < 1.29 is 17.9 Å². The van der Waals surface area contributed by atoms with Gasteiger partial charge in [0.1, 0.15) is 11.8 Å². The zero-order chi connectivity index (χ0) is 17.9. The monoisotopic (exact) mass is 354 g/mol. The molecule has 0 bridgehead atoms. The van der Waals surface area contributed by atoms with Crippen LogP contribution in [0.5, 0.6) is 5.75 Å². The van der Waals surface area contributed by atoms with E-state index in [0.29, 0.717) is 30.4 Å². The Morgan fingerprint density at radius 3 is 2.50 bits per heavy atom. The fourth-order valence-corrected chi connectivity index (χ4v) is 4.20. The second-order valence-electron chi connectivity index (χ2n) is 6.44. The number of piperidine rings is 1. The second kappa shape index (κ2) is 7.42. The van der Waals surface area contributed by atoms with Crippen molar-refractivity contribution in [3.63, 3.8) is 0 Å². The van der Waals surface area contributed by atoms with E-state index in [1.807, 2.05) is 0 Å². The molecule has 134 valence electrons. The Morgan fingerprint density at radius 2 is 1.96 bits per heavy atom. The van der Waals surface area contributed by atoms with E-state index in [4.69, 9.17) is 4.74 Å². The van der Waals surface area contributed by atoms with E-state index in [1.54, 1.807) is 36.1 Å². The lowest BCUT2D eigenvalue weighted by molar-refractivity contribution is -0.133. The van der Waals surface area contributed by atoms with Gasteiger partial charge >= 0.3 is 0 Å². The zero-order valence-electron chi connectivity index (χ0n) is 14.7. The molecule has 2 rings (SSSR count). The first-order chi connectivity index (χ1) is 11.2. The summed E-state index contributed by atoms with van der Waals surface area (Å²) in [7, 11) is -2.09. The van der Waals surface area contributed by atoms with Crippen molar-refractivity contribution >= 4 is 21.6 Å². The summed E-state index contributed by atoms with van der Waals surface area (Å²) in [5.74, 6) is 0.997. The molecule has 0 radical (unpaired) electrons. The van der Waals surface area contributed by atoms with Gasteiger partial charge in [-0.1, -0.05) is 13.0 Å². The Bertz CT molecular complexity index is 682. The summed E-state index contributed by atoms with van der Waals surface area (Å²) in [6.45, 7) is 5.17. The van der Waals surface area contributed by atoms with E-state index < -0.39 is 16.1 Å². The van der Waals surface area contributed by atoms with Gasteiger partial charge < -0.3 is 9.64 Å². The normalized spacial score (nSPS) is 17.4. The summed E-state index contributed by atoms with van der Waals surface area (Å²) in [6, 6.07) is 5.96. The van der Waals surface area contributed by atoms with Crippen LogP contribution in [0.3, 0.4) is 0 Å². The molecule has 0 saturated carbocycles. The highest BCUT2D eigenvalue weighted by Crippen LogP contribution is 2.26. The number of benzene rings is 1. The summed E-state index contributed by atoms with van der Waals surface area (Å²) < 4.78 is 31.0. The van der Waals surface area contributed by atoms with Crippen molar-refractivity contribution in [2.24, 2.45) is 5.92 Å². The van der Waals surface area contributed by atoms with E-state index in [1.165, 1.54) is 11.4 Å². The fourth-order valence-electron chi connectivity index (χ4n) is 3.04. The molecule has 1 aromatic carbocycles. The first-order valence-electron chi connectivity index (χ1n) is 8.16. The van der Waals surface area contributed by atoms with E-state index >= 15 is 0 Å². The predicted octanol–water partition coefficient (Wildman–Crippen LogP) is 2.11.